The van der Waals surface area contributed by atoms with Crippen molar-refractivity contribution in [1.29, 1.82) is 0 Å². The molecule has 2 aromatic rings. The maximum absolute atomic E-state index is 5.89. The Kier molecular flexibility index (Phi) is 4.43. The highest BCUT2D eigenvalue weighted by Crippen LogP contribution is 2.25. The van der Waals surface area contributed by atoms with Crippen molar-refractivity contribution in [2.75, 3.05) is 0 Å². The van der Waals surface area contributed by atoms with Gasteiger partial charge in [0.25, 0.3) is 0 Å². The van der Waals surface area contributed by atoms with Crippen LogP contribution in [0, 0.1) is 0 Å². The molecule has 0 aromatic carbocycles. The number of thiazole rings is 1. The van der Waals surface area contributed by atoms with Gasteiger partial charge in [-0.1, -0.05) is 32.4 Å². The van der Waals surface area contributed by atoms with E-state index in [0.29, 0.717) is 0 Å². The first kappa shape index (κ1) is 14.0. The topological polar surface area (TPSA) is 24.9 Å². The third-order valence-corrected chi connectivity index (χ3v) is 4.98. The van der Waals surface area contributed by atoms with E-state index in [2.05, 4.69) is 42.5 Å². The highest BCUT2D eigenvalue weighted by Gasteiger charge is 2.17. The molecule has 2 nitrogen and oxygen atoms in total. The number of aromatic nitrogens is 1. The zero-order chi connectivity index (χ0) is 13.2. The van der Waals surface area contributed by atoms with Gasteiger partial charge in [0.1, 0.15) is 0 Å². The molecule has 0 saturated heterocycles. The summed E-state index contributed by atoms with van der Waals surface area (Å²) in [5.41, 5.74) is 1.26. The first-order valence-corrected chi connectivity index (χ1v) is 7.92. The molecule has 0 aliphatic rings. The van der Waals surface area contributed by atoms with Crippen LogP contribution in [0.25, 0.3) is 0 Å². The molecule has 0 amide bonds. The van der Waals surface area contributed by atoms with Crippen LogP contribution in [0.15, 0.2) is 17.5 Å². The molecule has 0 spiro atoms. The Morgan fingerprint density at radius 1 is 1.28 bits per heavy atom. The van der Waals surface area contributed by atoms with E-state index in [1.165, 1.54) is 9.88 Å². The minimum atomic E-state index is 0.143. The van der Waals surface area contributed by atoms with Gasteiger partial charge in [-0.3, -0.25) is 0 Å². The third kappa shape index (κ3) is 3.79. The molecule has 2 rings (SSSR count). The normalized spacial score (nSPS) is 12.0. The van der Waals surface area contributed by atoms with Crippen molar-refractivity contribution in [3.8, 4) is 0 Å². The summed E-state index contributed by atoms with van der Waals surface area (Å²) < 4.78 is 0.843. The first-order valence-electron chi connectivity index (χ1n) is 5.85. The van der Waals surface area contributed by atoms with Crippen LogP contribution in [0.3, 0.4) is 0 Å². The second-order valence-electron chi connectivity index (χ2n) is 5.20. The Hall–Kier alpha value is -0.420. The van der Waals surface area contributed by atoms with Gasteiger partial charge in [0.15, 0.2) is 0 Å². The van der Waals surface area contributed by atoms with E-state index in [0.717, 1.165) is 23.1 Å². The van der Waals surface area contributed by atoms with E-state index in [9.17, 15) is 0 Å². The highest BCUT2D eigenvalue weighted by atomic mass is 35.5. The van der Waals surface area contributed by atoms with Crippen molar-refractivity contribution in [3.05, 3.63) is 37.4 Å². The van der Waals surface area contributed by atoms with E-state index in [1.54, 1.807) is 22.7 Å². The van der Waals surface area contributed by atoms with E-state index in [1.807, 2.05) is 6.07 Å². The fourth-order valence-corrected chi connectivity index (χ4v) is 3.46. The summed E-state index contributed by atoms with van der Waals surface area (Å²) >= 11 is 9.24. The molecule has 0 fully saturated rings. The summed E-state index contributed by atoms with van der Waals surface area (Å²) in [5.74, 6) is 0. The van der Waals surface area contributed by atoms with Crippen molar-refractivity contribution in [2.24, 2.45) is 0 Å². The van der Waals surface area contributed by atoms with Crippen LogP contribution in [0.1, 0.15) is 36.3 Å². The van der Waals surface area contributed by atoms with Gasteiger partial charge in [-0.15, -0.1) is 22.7 Å². The quantitative estimate of drug-likeness (QED) is 0.902. The second kappa shape index (κ2) is 5.70. The predicted molar refractivity (Wildman–Crippen MR) is 80.7 cm³/mol. The van der Waals surface area contributed by atoms with E-state index < -0.39 is 0 Å². The van der Waals surface area contributed by atoms with Gasteiger partial charge in [0, 0.05) is 28.8 Å². The van der Waals surface area contributed by atoms with Crippen molar-refractivity contribution in [2.45, 2.75) is 39.3 Å². The Labute approximate surface area is 121 Å². The number of hydrogen-bond donors (Lipinski definition) is 1. The molecule has 2 aromatic heterocycles. The second-order valence-corrected chi connectivity index (χ2v) is 7.86. The van der Waals surface area contributed by atoms with Crippen LogP contribution in [-0.2, 0) is 18.5 Å². The fraction of sp³-hybridized carbons (Fsp3) is 0.462. The molecule has 0 unspecified atom stereocenters. The maximum Gasteiger partial charge on any atom is 0.0982 e. The zero-order valence-electron chi connectivity index (χ0n) is 10.8. The van der Waals surface area contributed by atoms with Gasteiger partial charge in [-0.05, 0) is 12.1 Å². The molecule has 0 atom stereocenters. The van der Waals surface area contributed by atoms with Crippen LogP contribution < -0.4 is 5.32 Å². The lowest BCUT2D eigenvalue weighted by atomic mass is 9.98. The molecule has 0 saturated carbocycles. The molecule has 18 heavy (non-hydrogen) atoms. The monoisotopic (exact) mass is 300 g/mol. The van der Waals surface area contributed by atoms with Crippen LogP contribution in [0.4, 0.5) is 0 Å². The molecule has 0 aliphatic carbocycles. The Morgan fingerprint density at radius 3 is 2.61 bits per heavy atom. The average molecular weight is 301 g/mol. The molecule has 0 aliphatic heterocycles. The van der Waals surface area contributed by atoms with Crippen molar-refractivity contribution >= 4 is 34.3 Å². The molecule has 0 radical (unpaired) electrons. The predicted octanol–water partition coefficient (Wildman–Crippen LogP) is 4.45. The standard InChI is InChI=1S/C13H17ClN2S2/c1-13(2,3)12-16-9(8-17-12)6-15-7-10-4-5-11(14)18-10/h4-5,8,15H,6-7H2,1-3H3. The van der Waals surface area contributed by atoms with Crippen LogP contribution in [0.2, 0.25) is 4.34 Å². The van der Waals surface area contributed by atoms with Crippen LogP contribution in [0.5, 0.6) is 0 Å². The molecular formula is C13H17ClN2S2. The van der Waals surface area contributed by atoms with E-state index in [-0.39, 0.29) is 5.41 Å². The van der Waals surface area contributed by atoms with Crippen molar-refractivity contribution in [1.82, 2.24) is 10.3 Å². The average Bonchev–Trinajstić information content (AvgIpc) is 2.87. The molecular weight excluding hydrogens is 284 g/mol. The van der Waals surface area contributed by atoms with Gasteiger partial charge in [0.2, 0.25) is 0 Å². The maximum atomic E-state index is 5.89. The summed E-state index contributed by atoms with van der Waals surface area (Å²) in [4.78, 5) is 5.91. The Bertz CT molecular complexity index is 511. The Balaban J connectivity index is 1.85. The molecule has 98 valence electrons. The fourth-order valence-electron chi connectivity index (χ4n) is 1.49. The summed E-state index contributed by atoms with van der Waals surface area (Å²) in [6.45, 7) is 8.23. The number of nitrogens with one attached hydrogen (secondary N) is 1. The van der Waals surface area contributed by atoms with E-state index in [4.69, 9.17) is 11.6 Å². The van der Waals surface area contributed by atoms with Gasteiger partial charge >= 0.3 is 0 Å². The number of rotatable bonds is 4. The zero-order valence-corrected chi connectivity index (χ0v) is 13.2. The lowest BCUT2D eigenvalue weighted by Gasteiger charge is -2.13. The number of halogens is 1. The van der Waals surface area contributed by atoms with Crippen LogP contribution in [-0.4, -0.2) is 4.98 Å². The van der Waals surface area contributed by atoms with Gasteiger partial charge in [-0.25, -0.2) is 4.98 Å². The molecule has 0 bridgehead atoms. The number of nitrogens with zero attached hydrogens (tertiary/aromatic N) is 1. The van der Waals surface area contributed by atoms with Crippen molar-refractivity contribution in [3.63, 3.8) is 0 Å². The van der Waals surface area contributed by atoms with Gasteiger partial charge in [0.05, 0.1) is 15.0 Å². The summed E-state index contributed by atoms with van der Waals surface area (Å²) in [7, 11) is 0. The highest BCUT2D eigenvalue weighted by molar-refractivity contribution is 7.16. The summed E-state index contributed by atoms with van der Waals surface area (Å²) in [6, 6.07) is 3.99. The van der Waals surface area contributed by atoms with Gasteiger partial charge in [-0.2, -0.15) is 0 Å². The summed E-state index contributed by atoms with van der Waals surface area (Å²) in [5, 5.41) is 6.72. The number of thiophene rings is 1. The largest absolute Gasteiger partial charge is 0.306 e. The van der Waals surface area contributed by atoms with Crippen LogP contribution >= 0.6 is 34.3 Å². The van der Waals surface area contributed by atoms with Gasteiger partial charge < -0.3 is 5.32 Å². The molecule has 5 heteroatoms. The minimum Gasteiger partial charge on any atom is -0.306 e. The molecule has 1 N–H and O–H groups in total. The molecule has 2 heterocycles. The third-order valence-electron chi connectivity index (χ3n) is 2.43. The summed E-state index contributed by atoms with van der Waals surface area (Å²) in [6.07, 6.45) is 0. The lowest BCUT2D eigenvalue weighted by Crippen LogP contribution is -2.14. The first-order chi connectivity index (χ1) is 8.45. The SMILES string of the molecule is CC(C)(C)c1nc(CNCc2ccc(Cl)s2)cs1. The van der Waals surface area contributed by atoms with Crippen molar-refractivity contribution < 1.29 is 0 Å². The lowest BCUT2D eigenvalue weighted by molar-refractivity contribution is 0.579. The smallest absolute Gasteiger partial charge is 0.0982 e. The number of hydrogen-bond acceptors (Lipinski definition) is 4. The van der Waals surface area contributed by atoms with E-state index >= 15 is 0 Å². The Morgan fingerprint density at radius 2 is 2.06 bits per heavy atom. The minimum absolute atomic E-state index is 0.143.